The smallest absolute Gasteiger partial charge is 0.244 e. The van der Waals surface area contributed by atoms with Gasteiger partial charge in [-0.05, 0) is 44.0 Å². The zero-order chi connectivity index (χ0) is 17.2. The number of nitrogens with one attached hydrogen (secondary N) is 2. The van der Waals surface area contributed by atoms with Gasteiger partial charge < -0.3 is 15.5 Å². The van der Waals surface area contributed by atoms with Crippen LogP contribution in [-0.2, 0) is 4.79 Å². The van der Waals surface area contributed by atoms with Gasteiger partial charge >= 0.3 is 0 Å². The van der Waals surface area contributed by atoms with Crippen molar-refractivity contribution in [1.82, 2.24) is 15.5 Å². The number of nitrogens with zero attached hydrogens (tertiary/aromatic N) is 2. The van der Waals surface area contributed by atoms with Crippen molar-refractivity contribution < 1.29 is 4.79 Å². The van der Waals surface area contributed by atoms with Crippen LogP contribution in [0.5, 0.6) is 0 Å². The molecule has 140 valence electrons. The highest BCUT2D eigenvalue weighted by Crippen LogP contribution is 2.19. The minimum Gasteiger partial charge on any atom is -0.357 e. The Balaban J connectivity index is 0.00000312. The first kappa shape index (κ1) is 22.4. The maximum absolute atomic E-state index is 12.0. The molecule has 1 saturated heterocycles. The lowest BCUT2D eigenvalue weighted by molar-refractivity contribution is -0.128. The van der Waals surface area contributed by atoms with Crippen LogP contribution in [0.3, 0.4) is 0 Å². The van der Waals surface area contributed by atoms with Crippen molar-refractivity contribution in [1.29, 1.82) is 0 Å². The monoisotopic (exact) mass is 496 g/mol. The molecule has 1 aromatic rings. The largest absolute Gasteiger partial charge is 0.357 e. The second-order valence-corrected chi connectivity index (χ2v) is 7.12. The summed E-state index contributed by atoms with van der Waals surface area (Å²) in [4.78, 5) is 19.5. The summed E-state index contributed by atoms with van der Waals surface area (Å²) in [6.07, 6.45) is 2.21. The van der Waals surface area contributed by atoms with Crippen LogP contribution < -0.4 is 10.6 Å². The van der Waals surface area contributed by atoms with E-state index in [1.54, 1.807) is 11.8 Å². The number of guanidine groups is 1. The number of hydrogen-bond donors (Lipinski definition) is 2. The molecule has 8 heteroatoms. The second kappa shape index (κ2) is 12.6. The Kier molecular flexibility index (Phi) is 11.3. The maximum atomic E-state index is 12.0. The lowest BCUT2D eigenvalue weighted by Gasteiger charge is -2.15. The van der Waals surface area contributed by atoms with Crippen LogP contribution >= 0.6 is 47.3 Å². The lowest BCUT2D eigenvalue weighted by Crippen LogP contribution is -2.39. The van der Waals surface area contributed by atoms with Gasteiger partial charge in [-0.2, -0.15) is 0 Å². The number of hydrogen-bond acceptors (Lipinski definition) is 3. The molecular formula is C17H26ClIN4OS. The molecule has 1 heterocycles. The van der Waals surface area contributed by atoms with Crippen LogP contribution in [0.4, 0.5) is 0 Å². The molecule has 0 aliphatic carbocycles. The summed E-state index contributed by atoms with van der Waals surface area (Å²) in [7, 11) is 0. The van der Waals surface area contributed by atoms with Crippen molar-refractivity contribution in [3.05, 3.63) is 29.3 Å². The van der Waals surface area contributed by atoms with Crippen LogP contribution in [0.25, 0.3) is 0 Å². The van der Waals surface area contributed by atoms with Crippen molar-refractivity contribution in [2.45, 2.75) is 24.7 Å². The molecule has 0 aromatic heterocycles. The summed E-state index contributed by atoms with van der Waals surface area (Å²) in [5, 5.41) is 7.20. The summed E-state index contributed by atoms with van der Waals surface area (Å²) in [5.41, 5.74) is 0. The molecule has 2 N–H and O–H groups in total. The number of likely N-dealkylation sites (tertiary alicyclic amines) is 1. The molecule has 0 bridgehead atoms. The van der Waals surface area contributed by atoms with E-state index in [1.807, 2.05) is 36.1 Å². The molecule has 2 rings (SSSR count). The molecule has 0 atom stereocenters. The van der Waals surface area contributed by atoms with E-state index in [-0.39, 0.29) is 36.4 Å². The van der Waals surface area contributed by atoms with Gasteiger partial charge in [-0.15, -0.1) is 35.7 Å². The molecule has 1 aliphatic rings. The molecule has 0 unspecified atom stereocenters. The second-order valence-electron chi connectivity index (χ2n) is 5.51. The van der Waals surface area contributed by atoms with Crippen molar-refractivity contribution in [3.63, 3.8) is 0 Å². The van der Waals surface area contributed by atoms with E-state index in [0.29, 0.717) is 5.96 Å². The van der Waals surface area contributed by atoms with E-state index in [2.05, 4.69) is 15.6 Å². The minimum absolute atomic E-state index is 0. The van der Waals surface area contributed by atoms with Gasteiger partial charge in [0.15, 0.2) is 5.96 Å². The average Bonchev–Trinajstić information content (AvgIpc) is 3.12. The number of carbonyl (C=O) groups is 1. The van der Waals surface area contributed by atoms with Gasteiger partial charge in [-0.3, -0.25) is 4.79 Å². The third kappa shape index (κ3) is 8.50. The van der Waals surface area contributed by atoms with Gasteiger partial charge in [0.1, 0.15) is 6.54 Å². The first-order valence-corrected chi connectivity index (χ1v) is 9.73. The normalized spacial score (nSPS) is 14.2. The SMILES string of the molecule is CCNC(=NCC(=O)N1CCCC1)NCCSc1ccc(Cl)cc1.I. The summed E-state index contributed by atoms with van der Waals surface area (Å²) in [6, 6.07) is 7.82. The van der Waals surface area contributed by atoms with Gasteiger partial charge in [0.25, 0.3) is 0 Å². The molecule has 0 spiro atoms. The van der Waals surface area contributed by atoms with Crippen molar-refractivity contribution in [2.75, 3.05) is 38.5 Å². The topological polar surface area (TPSA) is 56.7 Å². The average molecular weight is 497 g/mol. The first-order valence-electron chi connectivity index (χ1n) is 8.37. The fraction of sp³-hybridized carbons (Fsp3) is 0.529. The Morgan fingerprint density at radius 1 is 1.24 bits per heavy atom. The van der Waals surface area contributed by atoms with Gasteiger partial charge in [0.05, 0.1) is 0 Å². The van der Waals surface area contributed by atoms with Crippen LogP contribution in [-0.4, -0.2) is 55.2 Å². The summed E-state index contributed by atoms with van der Waals surface area (Å²) >= 11 is 7.63. The Morgan fingerprint density at radius 2 is 1.92 bits per heavy atom. The molecule has 5 nitrogen and oxygen atoms in total. The highest BCUT2D eigenvalue weighted by atomic mass is 127. The van der Waals surface area contributed by atoms with Gasteiger partial charge in [0.2, 0.25) is 5.91 Å². The van der Waals surface area contributed by atoms with Crippen LogP contribution in [0.15, 0.2) is 34.2 Å². The van der Waals surface area contributed by atoms with E-state index in [9.17, 15) is 4.79 Å². The third-order valence-corrected chi connectivity index (χ3v) is 4.92. The van der Waals surface area contributed by atoms with Crippen molar-refractivity contribution >= 4 is 59.2 Å². The third-order valence-electron chi connectivity index (χ3n) is 3.65. The summed E-state index contributed by atoms with van der Waals surface area (Å²) in [6.45, 7) is 5.51. The molecule has 1 fully saturated rings. The van der Waals surface area contributed by atoms with Crippen molar-refractivity contribution in [2.24, 2.45) is 4.99 Å². The summed E-state index contributed by atoms with van der Waals surface area (Å²) in [5.74, 6) is 1.72. The van der Waals surface area contributed by atoms with Crippen LogP contribution in [0, 0.1) is 0 Å². The fourth-order valence-corrected chi connectivity index (χ4v) is 3.32. The Morgan fingerprint density at radius 3 is 2.56 bits per heavy atom. The fourth-order valence-electron chi connectivity index (χ4n) is 2.42. The standard InChI is InChI=1S/C17H25ClN4OS.HI/c1-2-19-17(21-13-16(23)22-10-3-4-11-22)20-9-12-24-15-7-5-14(18)6-8-15;/h5-8H,2-4,9-13H2,1H3,(H2,19,20,21);1H. The number of carbonyl (C=O) groups excluding carboxylic acids is 1. The molecule has 1 amide bonds. The molecule has 1 aromatic carbocycles. The van der Waals surface area contributed by atoms with E-state index in [4.69, 9.17) is 11.6 Å². The number of benzene rings is 1. The number of halogens is 2. The first-order chi connectivity index (χ1) is 11.7. The number of rotatable bonds is 7. The van der Waals surface area contributed by atoms with Gasteiger partial charge in [-0.1, -0.05) is 11.6 Å². The zero-order valence-electron chi connectivity index (χ0n) is 14.5. The van der Waals surface area contributed by atoms with Crippen molar-refractivity contribution in [3.8, 4) is 0 Å². The predicted octanol–water partition coefficient (Wildman–Crippen LogP) is 3.23. The maximum Gasteiger partial charge on any atom is 0.244 e. The quantitative estimate of drug-likeness (QED) is 0.200. The highest BCUT2D eigenvalue weighted by Gasteiger charge is 2.17. The van der Waals surface area contributed by atoms with E-state index in [1.165, 1.54) is 4.90 Å². The Labute approximate surface area is 176 Å². The summed E-state index contributed by atoms with van der Waals surface area (Å²) < 4.78 is 0. The van der Waals surface area contributed by atoms with E-state index >= 15 is 0 Å². The van der Waals surface area contributed by atoms with E-state index in [0.717, 1.165) is 49.8 Å². The lowest BCUT2D eigenvalue weighted by atomic mass is 10.4. The number of aliphatic imine (C=N–C) groups is 1. The molecular weight excluding hydrogens is 471 g/mol. The van der Waals surface area contributed by atoms with Gasteiger partial charge in [0, 0.05) is 41.8 Å². The Hall–Kier alpha value is -0.670. The minimum atomic E-state index is 0. The highest BCUT2D eigenvalue weighted by molar-refractivity contribution is 14.0. The predicted molar refractivity (Wildman–Crippen MR) is 117 cm³/mol. The van der Waals surface area contributed by atoms with Gasteiger partial charge in [-0.25, -0.2) is 4.99 Å². The van der Waals surface area contributed by atoms with Crippen LogP contribution in [0.2, 0.25) is 5.02 Å². The van der Waals surface area contributed by atoms with Crippen LogP contribution in [0.1, 0.15) is 19.8 Å². The molecule has 1 aliphatic heterocycles. The molecule has 0 saturated carbocycles. The number of thioether (sulfide) groups is 1. The number of amides is 1. The molecule has 25 heavy (non-hydrogen) atoms. The zero-order valence-corrected chi connectivity index (χ0v) is 18.4. The van der Waals surface area contributed by atoms with E-state index < -0.39 is 0 Å². The Bertz CT molecular complexity index is 550. The molecule has 0 radical (unpaired) electrons.